The molecule has 28 heavy (non-hydrogen) atoms. The number of nitrogens with zero attached hydrogens (tertiary/aromatic N) is 3. The van der Waals surface area contributed by atoms with E-state index in [2.05, 4.69) is 4.90 Å². The second-order valence-electron chi connectivity index (χ2n) is 7.02. The molecule has 0 bridgehead atoms. The predicted molar refractivity (Wildman–Crippen MR) is 117 cm³/mol. The van der Waals surface area contributed by atoms with Gasteiger partial charge in [0.2, 0.25) is 11.0 Å². The molecule has 0 N–H and O–H groups in total. The first-order valence-corrected chi connectivity index (χ1v) is 10.6. The van der Waals surface area contributed by atoms with E-state index in [0.29, 0.717) is 26.2 Å². The molecular formula is C21H33N3O3S. The van der Waals surface area contributed by atoms with Gasteiger partial charge < -0.3 is 14.5 Å². The largest absolute Gasteiger partial charge is 0.494 e. The van der Waals surface area contributed by atoms with Crippen LogP contribution in [0.2, 0.25) is 0 Å². The number of hydrogen-bond acceptors (Lipinski definition) is 6. The van der Waals surface area contributed by atoms with E-state index in [4.69, 9.17) is 4.74 Å². The smallest absolute Gasteiger partial charge is 0.236 e. The van der Waals surface area contributed by atoms with Crippen LogP contribution in [0.1, 0.15) is 12.0 Å². The van der Waals surface area contributed by atoms with E-state index >= 15 is 0 Å². The fourth-order valence-electron chi connectivity index (χ4n) is 2.44. The normalized spacial score (nSPS) is 11.4. The minimum absolute atomic E-state index is 0.0157. The van der Waals surface area contributed by atoms with E-state index in [0.717, 1.165) is 24.3 Å². The van der Waals surface area contributed by atoms with Crippen LogP contribution in [0.15, 0.2) is 36.4 Å². The van der Waals surface area contributed by atoms with Crippen LogP contribution >= 0.6 is 11.8 Å². The van der Waals surface area contributed by atoms with Gasteiger partial charge in [-0.1, -0.05) is 30.0 Å². The van der Waals surface area contributed by atoms with Crippen molar-refractivity contribution in [1.82, 2.24) is 14.7 Å². The Kier molecular flexibility index (Phi) is 11.6. The molecule has 0 saturated heterocycles. The molecule has 0 aliphatic carbocycles. The molecule has 0 saturated carbocycles. The van der Waals surface area contributed by atoms with Crippen LogP contribution in [0.5, 0.6) is 5.75 Å². The van der Waals surface area contributed by atoms with Crippen LogP contribution < -0.4 is 4.74 Å². The lowest BCUT2D eigenvalue weighted by Gasteiger charge is -2.21. The lowest BCUT2D eigenvalue weighted by Crippen LogP contribution is -2.36. The molecule has 0 spiro atoms. The maximum absolute atomic E-state index is 12.4. The highest BCUT2D eigenvalue weighted by atomic mass is 32.2. The molecule has 1 aromatic rings. The number of amides is 1. The molecule has 6 nitrogen and oxygen atoms in total. The highest BCUT2D eigenvalue weighted by Crippen LogP contribution is 2.14. The highest BCUT2D eigenvalue weighted by molar-refractivity contribution is 8.13. The van der Waals surface area contributed by atoms with Crippen molar-refractivity contribution in [2.45, 2.75) is 13.0 Å². The second-order valence-corrected chi connectivity index (χ2v) is 7.83. The van der Waals surface area contributed by atoms with Crippen molar-refractivity contribution < 1.29 is 14.3 Å². The third-order valence-electron chi connectivity index (χ3n) is 4.06. The number of hydrogen-bond donors (Lipinski definition) is 0. The summed E-state index contributed by atoms with van der Waals surface area (Å²) >= 11 is 1.17. The number of rotatable bonds is 12. The number of likely N-dealkylation sites (N-methyl/N-ethyl adjacent to an activating group) is 2. The molecule has 0 fully saturated rings. The minimum Gasteiger partial charge on any atom is -0.494 e. The van der Waals surface area contributed by atoms with Gasteiger partial charge in [0.15, 0.2) is 0 Å². The number of thioether (sulfide) groups is 1. The van der Waals surface area contributed by atoms with Crippen LogP contribution in [-0.2, 0) is 16.1 Å². The first-order chi connectivity index (χ1) is 13.3. The zero-order valence-corrected chi connectivity index (χ0v) is 18.5. The van der Waals surface area contributed by atoms with Crippen LogP contribution in [-0.4, -0.2) is 86.4 Å². The highest BCUT2D eigenvalue weighted by Gasteiger charge is 2.11. The molecule has 7 heteroatoms. The van der Waals surface area contributed by atoms with Gasteiger partial charge in [0.1, 0.15) is 5.75 Å². The molecule has 1 rings (SSSR count). The Morgan fingerprint density at radius 1 is 1.11 bits per heavy atom. The molecule has 1 amide bonds. The summed E-state index contributed by atoms with van der Waals surface area (Å²) in [5.74, 6) is 0.888. The van der Waals surface area contributed by atoms with Gasteiger partial charge in [0.05, 0.1) is 13.2 Å². The summed E-state index contributed by atoms with van der Waals surface area (Å²) in [6.07, 6.45) is 6.06. The molecule has 0 radical (unpaired) electrons. The second kappa shape index (κ2) is 13.4. The Bertz CT molecular complexity index is 632. The van der Waals surface area contributed by atoms with Gasteiger partial charge in [-0.05, 0) is 57.6 Å². The van der Waals surface area contributed by atoms with Crippen molar-refractivity contribution in [3.63, 3.8) is 0 Å². The first kappa shape index (κ1) is 24.2. The van der Waals surface area contributed by atoms with E-state index in [9.17, 15) is 9.59 Å². The summed E-state index contributed by atoms with van der Waals surface area (Å²) in [6, 6.07) is 7.88. The van der Waals surface area contributed by atoms with Crippen molar-refractivity contribution in [3.05, 3.63) is 42.0 Å². The summed E-state index contributed by atoms with van der Waals surface area (Å²) in [5, 5.41) is 0.0157. The van der Waals surface area contributed by atoms with Crippen LogP contribution in [0.25, 0.3) is 0 Å². The average molecular weight is 408 g/mol. The van der Waals surface area contributed by atoms with Gasteiger partial charge in [-0.2, -0.15) is 0 Å². The van der Waals surface area contributed by atoms with Gasteiger partial charge >= 0.3 is 0 Å². The molecule has 1 aromatic carbocycles. The van der Waals surface area contributed by atoms with Gasteiger partial charge in [-0.3, -0.25) is 14.5 Å². The Hall–Kier alpha value is -1.83. The van der Waals surface area contributed by atoms with E-state index in [1.807, 2.05) is 50.3 Å². The van der Waals surface area contributed by atoms with Crippen LogP contribution in [0.3, 0.4) is 0 Å². The fraction of sp³-hybridized carbons (Fsp3) is 0.524. The van der Waals surface area contributed by atoms with Gasteiger partial charge in [0, 0.05) is 26.7 Å². The minimum atomic E-state index is 0.0157. The molecular weight excluding hydrogens is 374 g/mol. The number of ether oxygens (including phenoxy) is 1. The lowest BCUT2D eigenvalue weighted by atomic mass is 10.2. The van der Waals surface area contributed by atoms with E-state index in [-0.39, 0.29) is 11.0 Å². The van der Waals surface area contributed by atoms with Gasteiger partial charge in [-0.25, -0.2) is 0 Å². The third kappa shape index (κ3) is 10.5. The van der Waals surface area contributed by atoms with Crippen molar-refractivity contribution in [2.24, 2.45) is 0 Å². The molecule has 0 aromatic heterocycles. The topological polar surface area (TPSA) is 53.1 Å². The summed E-state index contributed by atoms with van der Waals surface area (Å²) in [7, 11) is 7.76. The van der Waals surface area contributed by atoms with Crippen molar-refractivity contribution in [1.29, 1.82) is 0 Å². The van der Waals surface area contributed by atoms with Crippen molar-refractivity contribution >= 4 is 22.8 Å². The maximum Gasteiger partial charge on any atom is 0.236 e. The molecule has 0 aliphatic rings. The van der Waals surface area contributed by atoms with Crippen LogP contribution in [0, 0.1) is 0 Å². The molecule has 156 valence electrons. The summed E-state index contributed by atoms with van der Waals surface area (Å²) in [5.41, 5.74) is 1.06. The number of carbonyl (C=O) groups is 2. The summed E-state index contributed by atoms with van der Waals surface area (Å²) in [6.45, 7) is 3.11. The fourth-order valence-corrected chi connectivity index (χ4v) is 2.67. The summed E-state index contributed by atoms with van der Waals surface area (Å²) in [4.78, 5) is 29.3. The third-order valence-corrected chi connectivity index (χ3v) is 4.60. The number of carbonyl (C=O) groups excluding carboxylic acids is 2. The van der Waals surface area contributed by atoms with E-state index in [1.165, 1.54) is 11.8 Å². The average Bonchev–Trinajstić information content (AvgIpc) is 2.66. The predicted octanol–water partition coefficient (Wildman–Crippen LogP) is 2.35. The molecule has 0 atom stereocenters. The number of benzene rings is 1. The van der Waals surface area contributed by atoms with Crippen LogP contribution in [0.4, 0.5) is 0 Å². The quantitative estimate of drug-likeness (QED) is 0.392. The Balaban J connectivity index is 2.38. The Morgan fingerprint density at radius 2 is 1.79 bits per heavy atom. The zero-order valence-electron chi connectivity index (χ0n) is 17.7. The van der Waals surface area contributed by atoms with E-state index < -0.39 is 0 Å². The van der Waals surface area contributed by atoms with Gasteiger partial charge in [-0.15, -0.1) is 0 Å². The van der Waals surface area contributed by atoms with Gasteiger partial charge in [0.25, 0.3) is 0 Å². The monoisotopic (exact) mass is 407 g/mol. The SMILES string of the molecule is CSC(=O)/C=C/CN(C)CC(=O)N(C)Cc1ccc(OCCCN(C)C)cc1. The standard InChI is InChI=1S/C21H33N3O3S/c1-22(2)13-7-15-27-19-11-9-18(10-12-19)16-24(4)20(25)17-23(3)14-6-8-21(26)28-5/h6,8-12H,7,13-17H2,1-5H3/b8-6+. The lowest BCUT2D eigenvalue weighted by molar-refractivity contribution is -0.131. The molecule has 0 unspecified atom stereocenters. The Morgan fingerprint density at radius 3 is 2.39 bits per heavy atom. The van der Waals surface area contributed by atoms with E-state index in [1.54, 1.807) is 30.4 Å². The first-order valence-electron chi connectivity index (χ1n) is 9.35. The zero-order chi connectivity index (χ0) is 20.9. The summed E-state index contributed by atoms with van der Waals surface area (Å²) < 4.78 is 5.73. The van der Waals surface area contributed by atoms with Crippen molar-refractivity contribution in [2.75, 3.05) is 60.7 Å². The molecule has 0 heterocycles. The van der Waals surface area contributed by atoms with Crippen molar-refractivity contribution in [3.8, 4) is 5.75 Å². The molecule has 0 aliphatic heterocycles. The Labute approximate surface area is 173 Å². The maximum atomic E-state index is 12.4.